The van der Waals surface area contributed by atoms with Crippen molar-refractivity contribution < 1.29 is 13.7 Å². The fraction of sp³-hybridized carbons (Fsp3) is 0.0909. The Bertz CT molecular complexity index is 1060. The Balaban J connectivity index is 1.41. The third kappa shape index (κ3) is 4.17. The van der Waals surface area contributed by atoms with E-state index in [1.54, 1.807) is 6.07 Å². The van der Waals surface area contributed by atoms with Gasteiger partial charge in [-0.2, -0.15) is 0 Å². The van der Waals surface area contributed by atoms with Crippen LogP contribution in [0, 0.1) is 5.82 Å². The smallest absolute Gasteiger partial charge is 0.170 e. The number of ether oxygens (including phenoxy) is 1. The lowest BCUT2D eigenvalue weighted by Gasteiger charge is -2.07. The number of nitrogens with two attached hydrogens (primary N) is 1. The van der Waals surface area contributed by atoms with Crippen LogP contribution in [0.1, 0.15) is 16.8 Å². The first kappa shape index (κ1) is 17.7. The summed E-state index contributed by atoms with van der Waals surface area (Å²) in [5.74, 6) is 0.909. The molecule has 0 fully saturated rings. The van der Waals surface area contributed by atoms with Gasteiger partial charge in [-0.05, 0) is 29.3 Å². The zero-order chi connectivity index (χ0) is 19.3. The van der Waals surface area contributed by atoms with Crippen LogP contribution < -0.4 is 10.5 Å². The fourth-order valence-corrected chi connectivity index (χ4v) is 2.82. The summed E-state index contributed by atoms with van der Waals surface area (Å²) in [5, 5.41) is 4.05. The maximum Gasteiger partial charge on any atom is 0.170 e. The summed E-state index contributed by atoms with van der Waals surface area (Å²) in [5.41, 5.74) is 9.07. The summed E-state index contributed by atoms with van der Waals surface area (Å²) in [7, 11) is 0. The van der Waals surface area contributed by atoms with E-state index in [1.165, 1.54) is 6.07 Å². The number of halogens is 1. The number of nitrogen functional groups attached to an aromatic ring is 1. The van der Waals surface area contributed by atoms with Crippen molar-refractivity contribution in [3.05, 3.63) is 95.6 Å². The van der Waals surface area contributed by atoms with Crippen molar-refractivity contribution in [3.63, 3.8) is 0 Å². The van der Waals surface area contributed by atoms with Gasteiger partial charge in [-0.3, -0.25) is 0 Å². The number of hydrogen-bond acceptors (Lipinski definition) is 5. The van der Waals surface area contributed by atoms with Crippen LogP contribution in [0.15, 0.2) is 77.4 Å². The van der Waals surface area contributed by atoms with Crippen molar-refractivity contribution in [2.45, 2.75) is 13.0 Å². The van der Waals surface area contributed by atoms with Gasteiger partial charge in [0.1, 0.15) is 24.0 Å². The topological polar surface area (TPSA) is 74.2 Å². The second kappa shape index (κ2) is 7.92. The lowest BCUT2D eigenvalue weighted by molar-refractivity contribution is 0.306. The van der Waals surface area contributed by atoms with Crippen molar-refractivity contribution in [1.82, 2.24) is 10.1 Å². The van der Waals surface area contributed by atoms with Crippen molar-refractivity contribution in [1.29, 1.82) is 0 Å². The van der Waals surface area contributed by atoms with E-state index in [4.69, 9.17) is 15.0 Å². The molecule has 2 aromatic heterocycles. The van der Waals surface area contributed by atoms with Crippen LogP contribution in [0.5, 0.6) is 5.75 Å². The number of hydrogen-bond donors (Lipinski definition) is 1. The van der Waals surface area contributed by atoms with Gasteiger partial charge in [0.05, 0.1) is 17.5 Å². The van der Waals surface area contributed by atoms with E-state index in [9.17, 15) is 4.39 Å². The Kier molecular flexibility index (Phi) is 5.01. The molecule has 0 aliphatic rings. The van der Waals surface area contributed by atoms with Crippen molar-refractivity contribution >= 4 is 5.82 Å². The number of pyridine rings is 1. The summed E-state index contributed by atoms with van der Waals surface area (Å²) in [6.07, 6.45) is 1.64. The Morgan fingerprint density at radius 1 is 0.964 bits per heavy atom. The zero-order valence-corrected chi connectivity index (χ0v) is 15.0. The van der Waals surface area contributed by atoms with Crippen molar-refractivity contribution in [2.24, 2.45) is 0 Å². The summed E-state index contributed by atoms with van der Waals surface area (Å²) in [4.78, 5) is 3.80. The Morgan fingerprint density at radius 2 is 1.75 bits per heavy atom. The molecular weight excluding hydrogens is 357 g/mol. The summed E-state index contributed by atoms with van der Waals surface area (Å²) < 4.78 is 24.5. The van der Waals surface area contributed by atoms with Gasteiger partial charge in [0, 0.05) is 12.5 Å². The molecule has 0 bridgehead atoms. The van der Waals surface area contributed by atoms with Crippen LogP contribution in [0.4, 0.5) is 10.2 Å². The number of rotatable bonds is 6. The maximum absolute atomic E-state index is 13.4. The van der Waals surface area contributed by atoms with Gasteiger partial charge >= 0.3 is 0 Å². The second-order valence-corrected chi connectivity index (χ2v) is 6.36. The standard InChI is InChI=1S/C22H18FN3O2/c23-17-11-20(22(24)25-13-17)21-12-18(26-28-21)10-15-6-8-19(9-7-15)27-14-16-4-2-1-3-5-16/h1-9,11-13H,10,14H2,(H2,24,25). The molecular formula is C22H18FN3O2. The third-order valence-corrected chi connectivity index (χ3v) is 4.27. The Hall–Kier alpha value is -3.67. The molecule has 5 nitrogen and oxygen atoms in total. The molecule has 0 saturated heterocycles. The van der Waals surface area contributed by atoms with E-state index in [2.05, 4.69) is 10.1 Å². The molecule has 0 aliphatic carbocycles. The minimum atomic E-state index is -0.478. The first-order valence-corrected chi connectivity index (χ1v) is 8.80. The number of anilines is 1. The van der Waals surface area contributed by atoms with Crippen molar-refractivity contribution in [3.8, 4) is 17.1 Å². The summed E-state index contributed by atoms with van der Waals surface area (Å²) >= 11 is 0. The minimum absolute atomic E-state index is 0.198. The Morgan fingerprint density at radius 3 is 2.54 bits per heavy atom. The molecule has 2 heterocycles. The Labute approximate surface area is 161 Å². The van der Waals surface area contributed by atoms with Crippen LogP contribution in [-0.4, -0.2) is 10.1 Å². The molecule has 0 radical (unpaired) electrons. The average Bonchev–Trinajstić information content (AvgIpc) is 3.18. The van der Waals surface area contributed by atoms with Gasteiger partial charge in [-0.1, -0.05) is 47.6 Å². The van der Waals surface area contributed by atoms with E-state index in [0.29, 0.717) is 24.4 Å². The van der Waals surface area contributed by atoms with Gasteiger partial charge in [0.25, 0.3) is 0 Å². The van der Waals surface area contributed by atoms with Crippen LogP contribution in [0.25, 0.3) is 11.3 Å². The first-order chi connectivity index (χ1) is 13.7. The molecule has 2 N–H and O–H groups in total. The van der Waals surface area contributed by atoms with Crippen LogP contribution in [0.3, 0.4) is 0 Å². The number of aromatic nitrogens is 2. The van der Waals surface area contributed by atoms with Gasteiger partial charge in [0.2, 0.25) is 0 Å². The normalized spacial score (nSPS) is 10.8. The highest BCUT2D eigenvalue weighted by atomic mass is 19.1. The molecule has 4 rings (SSSR count). The fourth-order valence-electron chi connectivity index (χ4n) is 2.82. The molecule has 28 heavy (non-hydrogen) atoms. The van der Waals surface area contributed by atoms with E-state index in [-0.39, 0.29) is 5.82 Å². The number of benzene rings is 2. The molecule has 0 aliphatic heterocycles. The molecule has 0 amide bonds. The third-order valence-electron chi connectivity index (χ3n) is 4.27. The van der Waals surface area contributed by atoms with Gasteiger partial charge < -0.3 is 15.0 Å². The van der Waals surface area contributed by atoms with Crippen LogP contribution in [-0.2, 0) is 13.0 Å². The highest BCUT2D eigenvalue weighted by molar-refractivity contribution is 5.69. The van der Waals surface area contributed by atoms with Crippen LogP contribution >= 0.6 is 0 Å². The van der Waals surface area contributed by atoms with E-state index in [1.807, 2.05) is 54.6 Å². The second-order valence-electron chi connectivity index (χ2n) is 6.36. The molecule has 0 unspecified atom stereocenters. The largest absolute Gasteiger partial charge is 0.489 e. The van der Waals surface area contributed by atoms with Gasteiger partial charge in [-0.15, -0.1) is 0 Å². The average molecular weight is 375 g/mol. The number of nitrogens with zero attached hydrogens (tertiary/aromatic N) is 2. The molecule has 140 valence electrons. The predicted octanol–water partition coefficient (Wildman–Crippen LogP) is 4.63. The summed E-state index contributed by atoms with van der Waals surface area (Å²) in [6, 6.07) is 20.8. The molecule has 6 heteroatoms. The van der Waals surface area contributed by atoms with Crippen LogP contribution in [0.2, 0.25) is 0 Å². The molecule has 2 aromatic carbocycles. The highest BCUT2D eigenvalue weighted by Crippen LogP contribution is 2.26. The monoisotopic (exact) mass is 375 g/mol. The highest BCUT2D eigenvalue weighted by Gasteiger charge is 2.12. The lowest BCUT2D eigenvalue weighted by Crippen LogP contribution is -1.95. The van der Waals surface area contributed by atoms with E-state index in [0.717, 1.165) is 28.8 Å². The molecule has 0 saturated carbocycles. The first-order valence-electron chi connectivity index (χ1n) is 8.80. The lowest BCUT2D eigenvalue weighted by atomic mass is 10.1. The van der Waals surface area contributed by atoms with E-state index >= 15 is 0 Å². The predicted molar refractivity (Wildman–Crippen MR) is 104 cm³/mol. The minimum Gasteiger partial charge on any atom is -0.489 e. The summed E-state index contributed by atoms with van der Waals surface area (Å²) in [6.45, 7) is 0.524. The molecule has 4 aromatic rings. The maximum atomic E-state index is 13.4. The molecule has 0 atom stereocenters. The SMILES string of the molecule is Nc1ncc(F)cc1-c1cc(Cc2ccc(OCc3ccccc3)cc2)no1. The molecule has 0 spiro atoms. The van der Waals surface area contributed by atoms with Gasteiger partial charge in [0.15, 0.2) is 5.76 Å². The van der Waals surface area contributed by atoms with Gasteiger partial charge in [-0.25, -0.2) is 9.37 Å². The van der Waals surface area contributed by atoms with E-state index < -0.39 is 5.82 Å². The zero-order valence-electron chi connectivity index (χ0n) is 15.0. The quantitative estimate of drug-likeness (QED) is 0.532. The van der Waals surface area contributed by atoms with Crippen molar-refractivity contribution in [2.75, 3.05) is 5.73 Å².